The molecule has 0 amide bonds. The summed E-state index contributed by atoms with van der Waals surface area (Å²) in [6.07, 6.45) is 1.26. The molecular weight excluding hydrogens is 246 g/mol. The average Bonchev–Trinajstić information content (AvgIpc) is 2.49. The molecule has 72 valence electrons. The first-order chi connectivity index (χ1) is 6.02. The summed E-state index contributed by atoms with van der Waals surface area (Å²) >= 11 is 5.24. The molecule has 0 bridgehead atoms. The standard InChI is InChI=1S/C10H14BrNS/c1-10(2)3-7(10)9(12)6-4-13-5-8(6)11/h4-5,7,9H,3,12H2,1-2H3. The van der Waals surface area contributed by atoms with E-state index in [0.29, 0.717) is 11.3 Å². The van der Waals surface area contributed by atoms with Crippen LogP contribution in [0.2, 0.25) is 0 Å². The van der Waals surface area contributed by atoms with E-state index in [1.165, 1.54) is 16.5 Å². The summed E-state index contributed by atoms with van der Waals surface area (Å²) < 4.78 is 1.17. The zero-order valence-corrected chi connectivity index (χ0v) is 10.3. The van der Waals surface area contributed by atoms with E-state index in [0.717, 1.165) is 0 Å². The Hall–Kier alpha value is 0.140. The van der Waals surface area contributed by atoms with Crippen molar-refractivity contribution in [2.45, 2.75) is 26.3 Å². The summed E-state index contributed by atoms with van der Waals surface area (Å²) in [5.74, 6) is 0.665. The summed E-state index contributed by atoms with van der Waals surface area (Å²) in [5.41, 5.74) is 7.94. The number of rotatable bonds is 2. The highest BCUT2D eigenvalue weighted by Crippen LogP contribution is 2.57. The van der Waals surface area contributed by atoms with E-state index < -0.39 is 0 Å². The summed E-state index contributed by atoms with van der Waals surface area (Å²) in [4.78, 5) is 0. The van der Waals surface area contributed by atoms with Crippen LogP contribution in [0, 0.1) is 11.3 Å². The van der Waals surface area contributed by atoms with Gasteiger partial charge in [0, 0.05) is 15.9 Å². The molecule has 2 atom stereocenters. The molecule has 1 saturated carbocycles. The van der Waals surface area contributed by atoms with Crippen molar-refractivity contribution in [3.05, 3.63) is 20.8 Å². The summed E-state index contributed by atoms with van der Waals surface area (Å²) in [6.45, 7) is 4.58. The lowest BCUT2D eigenvalue weighted by Crippen LogP contribution is -2.15. The minimum absolute atomic E-state index is 0.218. The second kappa shape index (κ2) is 3.07. The molecule has 3 heteroatoms. The molecule has 0 radical (unpaired) electrons. The Bertz CT molecular complexity index is 318. The third-order valence-corrected chi connectivity index (χ3v) is 4.78. The van der Waals surface area contributed by atoms with Gasteiger partial charge >= 0.3 is 0 Å². The van der Waals surface area contributed by atoms with Gasteiger partial charge in [-0.25, -0.2) is 0 Å². The molecule has 2 unspecified atom stereocenters. The van der Waals surface area contributed by atoms with Crippen LogP contribution in [0.1, 0.15) is 31.9 Å². The van der Waals surface area contributed by atoms with Gasteiger partial charge in [-0.1, -0.05) is 13.8 Å². The predicted molar refractivity (Wildman–Crippen MR) is 60.8 cm³/mol. The fraction of sp³-hybridized carbons (Fsp3) is 0.600. The first-order valence-corrected chi connectivity index (χ1v) is 6.23. The van der Waals surface area contributed by atoms with Crippen LogP contribution in [0.5, 0.6) is 0 Å². The highest BCUT2D eigenvalue weighted by molar-refractivity contribution is 9.10. The smallest absolute Gasteiger partial charge is 0.0348 e. The van der Waals surface area contributed by atoms with Crippen molar-refractivity contribution in [3.8, 4) is 0 Å². The first kappa shape index (κ1) is 9.69. The number of hydrogen-bond acceptors (Lipinski definition) is 2. The Kier molecular flexibility index (Phi) is 2.29. The minimum Gasteiger partial charge on any atom is -0.324 e. The summed E-state index contributed by atoms with van der Waals surface area (Å²) in [5, 5.41) is 4.26. The molecule has 0 aromatic carbocycles. The Balaban J connectivity index is 2.15. The molecule has 1 aromatic rings. The lowest BCUT2D eigenvalue weighted by Gasteiger charge is -2.12. The van der Waals surface area contributed by atoms with Gasteiger partial charge in [0.1, 0.15) is 0 Å². The fourth-order valence-corrected chi connectivity index (χ4v) is 3.48. The summed E-state index contributed by atoms with van der Waals surface area (Å²) in [7, 11) is 0. The van der Waals surface area contributed by atoms with Crippen molar-refractivity contribution in [2.24, 2.45) is 17.1 Å². The second-order valence-electron chi connectivity index (χ2n) is 4.50. The van der Waals surface area contributed by atoms with Crippen LogP contribution in [0.25, 0.3) is 0 Å². The lowest BCUT2D eigenvalue weighted by atomic mass is 10.0. The predicted octanol–water partition coefficient (Wildman–Crippen LogP) is 3.56. The molecule has 1 aliphatic rings. The van der Waals surface area contributed by atoms with Crippen LogP contribution < -0.4 is 5.73 Å². The van der Waals surface area contributed by atoms with Gasteiger partial charge in [0.15, 0.2) is 0 Å². The van der Waals surface area contributed by atoms with E-state index in [1.54, 1.807) is 11.3 Å². The molecule has 1 heterocycles. The molecular formula is C10H14BrNS. The zero-order chi connectivity index (χ0) is 9.64. The molecule has 1 aliphatic carbocycles. The van der Waals surface area contributed by atoms with Crippen molar-refractivity contribution < 1.29 is 0 Å². The normalized spacial score (nSPS) is 27.2. The van der Waals surface area contributed by atoms with Crippen LogP contribution in [0.4, 0.5) is 0 Å². The van der Waals surface area contributed by atoms with Crippen molar-refractivity contribution in [3.63, 3.8) is 0 Å². The van der Waals surface area contributed by atoms with Crippen molar-refractivity contribution in [1.82, 2.24) is 0 Å². The third-order valence-electron chi connectivity index (χ3n) is 3.02. The molecule has 1 nitrogen and oxygen atoms in total. The van der Waals surface area contributed by atoms with Crippen LogP contribution >= 0.6 is 27.3 Å². The van der Waals surface area contributed by atoms with Gasteiger partial charge in [-0.2, -0.15) is 11.3 Å². The van der Waals surface area contributed by atoms with Gasteiger partial charge in [0.05, 0.1) is 0 Å². The second-order valence-corrected chi connectivity index (χ2v) is 6.10. The Morgan fingerprint density at radius 1 is 1.62 bits per heavy atom. The minimum atomic E-state index is 0.218. The largest absolute Gasteiger partial charge is 0.324 e. The quantitative estimate of drug-likeness (QED) is 0.864. The molecule has 2 N–H and O–H groups in total. The van der Waals surface area contributed by atoms with Gasteiger partial charge in [-0.15, -0.1) is 0 Å². The highest BCUT2D eigenvalue weighted by Gasteiger charge is 2.49. The third kappa shape index (κ3) is 1.69. The van der Waals surface area contributed by atoms with Gasteiger partial charge in [0.25, 0.3) is 0 Å². The fourth-order valence-electron chi connectivity index (χ4n) is 1.87. The lowest BCUT2D eigenvalue weighted by molar-refractivity contribution is 0.491. The van der Waals surface area contributed by atoms with Crippen LogP contribution in [0.3, 0.4) is 0 Å². The van der Waals surface area contributed by atoms with E-state index in [4.69, 9.17) is 5.73 Å². The SMILES string of the molecule is CC1(C)CC1C(N)c1cscc1Br. The van der Waals surface area contributed by atoms with E-state index >= 15 is 0 Å². The molecule has 0 aliphatic heterocycles. The van der Waals surface area contributed by atoms with Crippen molar-refractivity contribution in [1.29, 1.82) is 0 Å². The molecule has 1 aromatic heterocycles. The highest BCUT2D eigenvalue weighted by atomic mass is 79.9. The molecule has 0 spiro atoms. The van der Waals surface area contributed by atoms with E-state index in [-0.39, 0.29) is 6.04 Å². The number of halogens is 1. The van der Waals surface area contributed by atoms with Crippen molar-refractivity contribution >= 4 is 27.3 Å². The average molecular weight is 260 g/mol. The maximum atomic E-state index is 6.20. The van der Waals surface area contributed by atoms with Gasteiger partial charge in [-0.05, 0) is 44.6 Å². The Morgan fingerprint density at radius 3 is 2.62 bits per heavy atom. The number of hydrogen-bond donors (Lipinski definition) is 1. The van der Waals surface area contributed by atoms with Crippen molar-refractivity contribution in [2.75, 3.05) is 0 Å². The van der Waals surface area contributed by atoms with Gasteiger partial charge in [0.2, 0.25) is 0 Å². The summed E-state index contributed by atoms with van der Waals surface area (Å²) in [6, 6.07) is 0.218. The van der Waals surface area contributed by atoms with Gasteiger partial charge in [-0.3, -0.25) is 0 Å². The molecule has 2 rings (SSSR count). The van der Waals surface area contributed by atoms with E-state index in [1.807, 2.05) is 0 Å². The van der Waals surface area contributed by atoms with E-state index in [2.05, 4.69) is 40.5 Å². The van der Waals surface area contributed by atoms with Crippen LogP contribution in [0.15, 0.2) is 15.2 Å². The zero-order valence-electron chi connectivity index (χ0n) is 7.88. The van der Waals surface area contributed by atoms with Gasteiger partial charge < -0.3 is 5.73 Å². The number of thiophene rings is 1. The maximum Gasteiger partial charge on any atom is 0.0348 e. The first-order valence-electron chi connectivity index (χ1n) is 4.49. The molecule has 1 fully saturated rings. The molecule has 0 saturated heterocycles. The number of nitrogens with two attached hydrogens (primary N) is 1. The molecule has 13 heavy (non-hydrogen) atoms. The Labute approximate surface area is 91.5 Å². The van der Waals surface area contributed by atoms with E-state index in [9.17, 15) is 0 Å². The monoisotopic (exact) mass is 259 g/mol. The Morgan fingerprint density at radius 2 is 2.23 bits per heavy atom. The topological polar surface area (TPSA) is 26.0 Å². The maximum absolute atomic E-state index is 6.20. The van der Waals surface area contributed by atoms with Crippen LogP contribution in [-0.2, 0) is 0 Å². The van der Waals surface area contributed by atoms with Crippen LogP contribution in [-0.4, -0.2) is 0 Å².